The molecule has 0 aliphatic carbocycles. The van der Waals surface area contributed by atoms with E-state index in [1.807, 2.05) is 67.6 Å². The van der Waals surface area contributed by atoms with Crippen LogP contribution in [0.3, 0.4) is 0 Å². The Labute approximate surface area is 188 Å². The summed E-state index contributed by atoms with van der Waals surface area (Å²) in [6, 6.07) is 35.2. The lowest BCUT2D eigenvalue weighted by molar-refractivity contribution is 0.0953. The van der Waals surface area contributed by atoms with Gasteiger partial charge >= 0.3 is 0 Å². The van der Waals surface area contributed by atoms with E-state index in [9.17, 15) is 9.90 Å². The summed E-state index contributed by atoms with van der Waals surface area (Å²) in [6.45, 7) is 1.88. The summed E-state index contributed by atoms with van der Waals surface area (Å²) in [4.78, 5) is 14.9. The molecule has 32 heavy (non-hydrogen) atoms. The molecule has 0 aliphatic heterocycles. The first-order valence-electron chi connectivity index (χ1n) is 10.6. The van der Waals surface area contributed by atoms with Gasteiger partial charge in [0.2, 0.25) is 0 Å². The first-order valence-corrected chi connectivity index (χ1v) is 10.6. The standard InChI is InChI=1S/C29H25NO2/c1-22(29(32)24-17-19-28(31)20-18-24)15-16-23-9-8-14-27(21-23)30(25-10-4-2-5-11-25)26-12-6-3-7-13-26/h2-22,31H,1H3/b16-15+. The summed E-state index contributed by atoms with van der Waals surface area (Å²) in [5.74, 6) is -0.0990. The predicted octanol–water partition coefficient (Wildman–Crippen LogP) is 7.39. The molecule has 0 saturated heterocycles. The summed E-state index contributed by atoms with van der Waals surface area (Å²) in [6.07, 6.45) is 3.91. The quantitative estimate of drug-likeness (QED) is 0.317. The number of aromatic hydroxyl groups is 1. The molecule has 1 atom stereocenters. The Bertz CT molecular complexity index is 1160. The molecule has 0 aromatic heterocycles. The highest BCUT2D eigenvalue weighted by molar-refractivity contribution is 5.99. The van der Waals surface area contributed by atoms with Crippen LogP contribution in [-0.2, 0) is 0 Å². The minimum atomic E-state index is -0.275. The van der Waals surface area contributed by atoms with Crippen LogP contribution in [0.2, 0.25) is 0 Å². The molecule has 1 unspecified atom stereocenters. The molecule has 158 valence electrons. The molecular formula is C29H25NO2. The normalized spacial score (nSPS) is 11.9. The summed E-state index contributed by atoms with van der Waals surface area (Å²) in [7, 11) is 0. The second kappa shape index (κ2) is 9.80. The zero-order valence-corrected chi connectivity index (χ0v) is 17.9. The predicted molar refractivity (Wildman–Crippen MR) is 132 cm³/mol. The van der Waals surface area contributed by atoms with E-state index in [1.165, 1.54) is 12.1 Å². The molecule has 3 nitrogen and oxygen atoms in total. The van der Waals surface area contributed by atoms with Gasteiger partial charge in [0.15, 0.2) is 5.78 Å². The number of carbonyl (C=O) groups excluding carboxylic acids is 1. The van der Waals surface area contributed by atoms with Gasteiger partial charge in [-0.25, -0.2) is 0 Å². The van der Waals surface area contributed by atoms with Crippen molar-refractivity contribution in [1.29, 1.82) is 0 Å². The smallest absolute Gasteiger partial charge is 0.169 e. The summed E-state index contributed by atoms with van der Waals surface area (Å²) in [5, 5.41) is 9.44. The zero-order valence-electron chi connectivity index (χ0n) is 17.9. The fraction of sp³-hybridized carbons (Fsp3) is 0.0690. The van der Waals surface area contributed by atoms with Crippen LogP contribution in [-0.4, -0.2) is 10.9 Å². The van der Waals surface area contributed by atoms with Gasteiger partial charge in [-0.05, 0) is 66.2 Å². The molecule has 0 fully saturated rings. The Balaban J connectivity index is 1.60. The van der Waals surface area contributed by atoms with E-state index in [-0.39, 0.29) is 17.5 Å². The Morgan fingerprint density at radius 1 is 0.750 bits per heavy atom. The Hall–Kier alpha value is -4.11. The van der Waals surface area contributed by atoms with Gasteiger partial charge in [0.25, 0.3) is 0 Å². The van der Waals surface area contributed by atoms with Crippen LogP contribution in [0.4, 0.5) is 17.1 Å². The van der Waals surface area contributed by atoms with Crippen molar-refractivity contribution in [1.82, 2.24) is 0 Å². The average Bonchev–Trinajstić information content (AvgIpc) is 2.84. The van der Waals surface area contributed by atoms with E-state index in [4.69, 9.17) is 0 Å². The molecule has 0 spiro atoms. The molecule has 0 bridgehead atoms. The minimum Gasteiger partial charge on any atom is -0.508 e. The van der Waals surface area contributed by atoms with E-state index in [1.54, 1.807) is 12.1 Å². The van der Waals surface area contributed by atoms with Crippen molar-refractivity contribution >= 4 is 28.9 Å². The van der Waals surface area contributed by atoms with Crippen LogP contribution in [0.25, 0.3) is 6.08 Å². The highest BCUT2D eigenvalue weighted by Gasteiger charge is 2.13. The van der Waals surface area contributed by atoms with Crippen LogP contribution in [0.5, 0.6) is 5.75 Å². The number of hydrogen-bond donors (Lipinski definition) is 1. The van der Waals surface area contributed by atoms with E-state index >= 15 is 0 Å². The fourth-order valence-electron chi connectivity index (χ4n) is 3.60. The van der Waals surface area contributed by atoms with Gasteiger partial charge in [-0.2, -0.15) is 0 Å². The van der Waals surface area contributed by atoms with Gasteiger partial charge in [0.1, 0.15) is 5.75 Å². The van der Waals surface area contributed by atoms with Gasteiger partial charge in [0.05, 0.1) is 0 Å². The molecule has 3 heteroatoms. The number of phenolic OH excluding ortho intramolecular Hbond substituents is 1. The maximum absolute atomic E-state index is 12.7. The number of nitrogens with zero attached hydrogens (tertiary/aromatic N) is 1. The van der Waals surface area contributed by atoms with Gasteiger partial charge in [0, 0.05) is 28.5 Å². The number of hydrogen-bond acceptors (Lipinski definition) is 3. The highest BCUT2D eigenvalue weighted by atomic mass is 16.3. The number of Topliss-reactive ketones (excluding diaryl/α,β-unsaturated/α-hetero) is 1. The Morgan fingerprint density at radius 3 is 1.91 bits per heavy atom. The second-order valence-electron chi connectivity index (χ2n) is 7.66. The minimum absolute atomic E-state index is 0.0209. The average molecular weight is 420 g/mol. The molecule has 4 aromatic rings. The van der Waals surface area contributed by atoms with Crippen molar-refractivity contribution in [3.05, 3.63) is 126 Å². The first-order chi connectivity index (χ1) is 15.6. The van der Waals surface area contributed by atoms with E-state index in [0.29, 0.717) is 5.56 Å². The largest absolute Gasteiger partial charge is 0.508 e. The monoisotopic (exact) mass is 419 g/mol. The van der Waals surface area contributed by atoms with Crippen molar-refractivity contribution in [2.75, 3.05) is 4.90 Å². The van der Waals surface area contributed by atoms with Gasteiger partial charge < -0.3 is 10.0 Å². The van der Waals surface area contributed by atoms with Crippen LogP contribution < -0.4 is 4.90 Å². The number of anilines is 3. The highest BCUT2D eigenvalue weighted by Crippen LogP contribution is 2.34. The van der Waals surface area contributed by atoms with Crippen LogP contribution >= 0.6 is 0 Å². The van der Waals surface area contributed by atoms with Crippen LogP contribution in [0.1, 0.15) is 22.8 Å². The van der Waals surface area contributed by atoms with Crippen molar-refractivity contribution in [2.45, 2.75) is 6.92 Å². The van der Waals surface area contributed by atoms with E-state index < -0.39 is 0 Å². The molecule has 4 aromatic carbocycles. The number of rotatable bonds is 7. The second-order valence-corrected chi connectivity index (χ2v) is 7.66. The molecule has 0 heterocycles. The SMILES string of the molecule is CC(/C=C/c1cccc(N(c2ccccc2)c2ccccc2)c1)C(=O)c1ccc(O)cc1. The summed E-state index contributed by atoms with van der Waals surface area (Å²) in [5.41, 5.74) is 4.81. The van der Waals surface area contributed by atoms with Crippen molar-refractivity contribution in [2.24, 2.45) is 5.92 Å². The van der Waals surface area contributed by atoms with Gasteiger partial charge in [-0.1, -0.05) is 67.6 Å². The number of ketones is 1. The molecule has 0 saturated carbocycles. The fourth-order valence-corrected chi connectivity index (χ4v) is 3.60. The molecule has 0 aliphatic rings. The number of para-hydroxylation sites is 2. The Kier molecular flexibility index (Phi) is 6.47. The van der Waals surface area contributed by atoms with E-state index in [0.717, 1.165) is 22.6 Å². The van der Waals surface area contributed by atoms with Crippen LogP contribution in [0.15, 0.2) is 115 Å². The summed E-state index contributed by atoms with van der Waals surface area (Å²) < 4.78 is 0. The third-order valence-electron chi connectivity index (χ3n) is 5.30. The lowest BCUT2D eigenvalue weighted by atomic mass is 9.98. The zero-order chi connectivity index (χ0) is 22.3. The number of benzene rings is 4. The van der Waals surface area contributed by atoms with Gasteiger partial charge in [-0.15, -0.1) is 0 Å². The topological polar surface area (TPSA) is 40.5 Å². The molecule has 4 rings (SSSR count). The lowest BCUT2D eigenvalue weighted by Gasteiger charge is -2.25. The Morgan fingerprint density at radius 2 is 1.31 bits per heavy atom. The first kappa shape index (κ1) is 21.1. The van der Waals surface area contributed by atoms with Crippen molar-refractivity contribution < 1.29 is 9.90 Å². The lowest BCUT2D eigenvalue weighted by Crippen LogP contribution is -2.10. The third-order valence-corrected chi connectivity index (χ3v) is 5.30. The maximum atomic E-state index is 12.7. The third kappa shape index (κ3) is 4.96. The number of carbonyl (C=O) groups is 1. The van der Waals surface area contributed by atoms with E-state index in [2.05, 4.69) is 41.3 Å². The number of phenols is 1. The summed E-state index contributed by atoms with van der Waals surface area (Å²) >= 11 is 0. The molecule has 0 radical (unpaired) electrons. The molecular weight excluding hydrogens is 394 g/mol. The molecule has 0 amide bonds. The molecule has 1 N–H and O–H groups in total. The maximum Gasteiger partial charge on any atom is 0.169 e. The van der Waals surface area contributed by atoms with Crippen molar-refractivity contribution in [3.8, 4) is 5.75 Å². The van der Waals surface area contributed by atoms with Gasteiger partial charge in [-0.3, -0.25) is 4.79 Å². The van der Waals surface area contributed by atoms with Crippen LogP contribution in [0, 0.1) is 5.92 Å². The van der Waals surface area contributed by atoms with Crippen molar-refractivity contribution in [3.63, 3.8) is 0 Å². The number of allylic oxidation sites excluding steroid dienone is 1.